The third-order valence-electron chi connectivity index (χ3n) is 1.60. The Morgan fingerprint density at radius 3 is 2.36 bits per heavy atom. The summed E-state index contributed by atoms with van der Waals surface area (Å²) in [5.74, 6) is -0.343. The summed E-state index contributed by atoms with van der Waals surface area (Å²) in [5.41, 5.74) is -1.11. The molecule has 6 heteroatoms. The van der Waals surface area contributed by atoms with Gasteiger partial charge in [-0.05, 0) is 7.05 Å². The molecule has 3 N–H and O–H groups in total. The first-order valence-corrected chi connectivity index (χ1v) is 4.94. The Morgan fingerprint density at radius 2 is 2.09 bits per heavy atom. The van der Waals surface area contributed by atoms with Gasteiger partial charge in [-0.15, -0.1) is 0 Å². The van der Waals surface area contributed by atoms with Crippen LogP contribution in [-0.2, 0) is 10.0 Å². The number of β-amino-alcohol motifs (C(OH)–C–C–N with tert-alkyl or cyclic N) is 1. The maximum Gasteiger partial charge on any atom is 0.212 e. The normalized spacial score (nSPS) is 24.6. The van der Waals surface area contributed by atoms with E-state index in [2.05, 4.69) is 0 Å². The molecule has 0 aromatic carbocycles. The molecule has 0 atom stereocenters. The molecule has 0 bridgehead atoms. The molecule has 1 rings (SSSR count). The summed E-state index contributed by atoms with van der Waals surface area (Å²) in [6.07, 6.45) is 0. The number of primary sulfonamides is 1. The van der Waals surface area contributed by atoms with Crippen LogP contribution in [0.1, 0.15) is 0 Å². The van der Waals surface area contributed by atoms with Crippen molar-refractivity contribution < 1.29 is 13.5 Å². The Hall–Kier alpha value is -0.170. The van der Waals surface area contributed by atoms with Gasteiger partial charge in [-0.25, -0.2) is 13.6 Å². The van der Waals surface area contributed by atoms with Gasteiger partial charge < -0.3 is 10.0 Å². The molecular formula is C5H12N2O3S. The van der Waals surface area contributed by atoms with E-state index in [1.165, 1.54) is 0 Å². The van der Waals surface area contributed by atoms with E-state index in [4.69, 9.17) is 5.14 Å². The van der Waals surface area contributed by atoms with E-state index < -0.39 is 15.6 Å². The predicted molar refractivity (Wildman–Crippen MR) is 40.4 cm³/mol. The third-order valence-corrected chi connectivity index (χ3v) is 2.54. The number of rotatable bonds is 2. The van der Waals surface area contributed by atoms with Gasteiger partial charge in [-0.2, -0.15) is 0 Å². The Balaban J connectivity index is 2.51. The molecular weight excluding hydrogens is 168 g/mol. The van der Waals surface area contributed by atoms with Gasteiger partial charge in [-0.3, -0.25) is 0 Å². The SMILES string of the molecule is CN1CC(O)(CS(N)(=O)=O)C1. The summed E-state index contributed by atoms with van der Waals surface area (Å²) in [7, 11) is -1.74. The highest BCUT2D eigenvalue weighted by Gasteiger charge is 2.41. The fourth-order valence-corrected chi connectivity index (χ4v) is 2.36. The largest absolute Gasteiger partial charge is 0.386 e. The van der Waals surface area contributed by atoms with Crippen LogP contribution in [0.5, 0.6) is 0 Å². The van der Waals surface area contributed by atoms with E-state index in [1.807, 2.05) is 4.90 Å². The van der Waals surface area contributed by atoms with Crippen molar-refractivity contribution in [3.63, 3.8) is 0 Å². The Labute approximate surface area is 65.8 Å². The lowest BCUT2D eigenvalue weighted by Gasteiger charge is -2.43. The molecule has 11 heavy (non-hydrogen) atoms. The summed E-state index contributed by atoms with van der Waals surface area (Å²) in [4.78, 5) is 1.82. The quantitative estimate of drug-likeness (QED) is 0.512. The molecule has 5 nitrogen and oxygen atoms in total. The van der Waals surface area contributed by atoms with Crippen LogP contribution in [0.2, 0.25) is 0 Å². The van der Waals surface area contributed by atoms with Gasteiger partial charge in [0.2, 0.25) is 10.0 Å². The smallest absolute Gasteiger partial charge is 0.212 e. The highest BCUT2D eigenvalue weighted by molar-refractivity contribution is 7.89. The van der Waals surface area contributed by atoms with Crippen LogP contribution in [-0.4, -0.2) is 49.9 Å². The maximum atomic E-state index is 10.5. The average molecular weight is 180 g/mol. The monoisotopic (exact) mass is 180 g/mol. The van der Waals surface area contributed by atoms with Crippen molar-refractivity contribution in [1.82, 2.24) is 4.90 Å². The zero-order chi connectivity index (χ0) is 8.70. The highest BCUT2D eigenvalue weighted by Crippen LogP contribution is 2.19. The van der Waals surface area contributed by atoms with Gasteiger partial charge in [-0.1, -0.05) is 0 Å². The number of likely N-dealkylation sites (tertiary alicyclic amines) is 1. The van der Waals surface area contributed by atoms with Gasteiger partial charge in [0.25, 0.3) is 0 Å². The first-order valence-electron chi connectivity index (χ1n) is 3.22. The van der Waals surface area contributed by atoms with E-state index >= 15 is 0 Å². The molecule has 0 radical (unpaired) electrons. The number of likely N-dealkylation sites (N-methyl/N-ethyl adjacent to an activating group) is 1. The molecule has 0 spiro atoms. The molecule has 1 aliphatic rings. The minimum Gasteiger partial charge on any atom is -0.386 e. The van der Waals surface area contributed by atoms with Crippen LogP contribution in [0.3, 0.4) is 0 Å². The molecule has 66 valence electrons. The van der Waals surface area contributed by atoms with Gasteiger partial charge in [0.1, 0.15) is 5.60 Å². The van der Waals surface area contributed by atoms with Crippen molar-refractivity contribution in [2.75, 3.05) is 25.9 Å². The maximum absolute atomic E-state index is 10.5. The van der Waals surface area contributed by atoms with Crippen molar-refractivity contribution in [3.05, 3.63) is 0 Å². The number of hydrogen-bond donors (Lipinski definition) is 2. The second kappa shape index (κ2) is 2.41. The Bertz CT molecular complexity index is 242. The third kappa shape index (κ3) is 2.41. The molecule has 1 aliphatic heterocycles. The summed E-state index contributed by atoms with van der Waals surface area (Å²) in [5, 5.41) is 14.2. The molecule has 0 unspecified atom stereocenters. The van der Waals surface area contributed by atoms with Crippen molar-refractivity contribution in [2.45, 2.75) is 5.60 Å². The zero-order valence-electron chi connectivity index (χ0n) is 6.32. The van der Waals surface area contributed by atoms with Crippen molar-refractivity contribution in [1.29, 1.82) is 0 Å². The van der Waals surface area contributed by atoms with Crippen LogP contribution in [0.25, 0.3) is 0 Å². The lowest BCUT2D eigenvalue weighted by atomic mass is 9.98. The van der Waals surface area contributed by atoms with E-state index in [-0.39, 0.29) is 5.75 Å². The highest BCUT2D eigenvalue weighted by atomic mass is 32.2. The first kappa shape index (κ1) is 8.92. The van der Waals surface area contributed by atoms with Crippen molar-refractivity contribution in [3.8, 4) is 0 Å². The van der Waals surface area contributed by atoms with Crippen molar-refractivity contribution in [2.24, 2.45) is 5.14 Å². The van der Waals surface area contributed by atoms with Crippen LogP contribution in [0, 0.1) is 0 Å². The summed E-state index contributed by atoms with van der Waals surface area (Å²) >= 11 is 0. The topological polar surface area (TPSA) is 83.6 Å². The van der Waals surface area contributed by atoms with E-state index in [0.29, 0.717) is 13.1 Å². The molecule has 0 aromatic heterocycles. The molecule has 0 aromatic rings. The summed E-state index contributed by atoms with van der Waals surface area (Å²) < 4.78 is 21.1. The Morgan fingerprint density at radius 1 is 1.64 bits per heavy atom. The molecule has 0 aliphatic carbocycles. The lowest BCUT2D eigenvalue weighted by Crippen LogP contribution is -2.63. The molecule has 1 heterocycles. The van der Waals surface area contributed by atoms with Crippen LogP contribution in [0.15, 0.2) is 0 Å². The van der Waals surface area contributed by atoms with E-state index in [9.17, 15) is 13.5 Å². The van der Waals surface area contributed by atoms with Crippen LogP contribution in [0.4, 0.5) is 0 Å². The van der Waals surface area contributed by atoms with Gasteiger partial charge >= 0.3 is 0 Å². The van der Waals surface area contributed by atoms with Crippen molar-refractivity contribution >= 4 is 10.0 Å². The number of nitrogens with two attached hydrogens (primary N) is 1. The molecule has 1 saturated heterocycles. The second-order valence-electron chi connectivity index (χ2n) is 3.20. The van der Waals surface area contributed by atoms with E-state index in [0.717, 1.165) is 0 Å². The minimum absolute atomic E-state index is 0.343. The van der Waals surface area contributed by atoms with E-state index in [1.54, 1.807) is 7.05 Å². The summed E-state index contributed by atoms with van der Waals surface area (Å²) in [6, 6.07) is 0. The average Bonchev–Trinajstić information content (AvgIpc) is 1.53. The molecule has 1 fully saturated rings. The fraction of sp³-hybridized carbons (Fsp3) is 1.00. The van der Waals surface area contributed by atoms with Crippen LogP contribution < -0.4 is 5.14 Å². The number of sulfonamides is 1. The minimum atomic E-state index is -3.54. The molecule has 0 amide bonds. The fourth-order valence-electron chi connectivity index (χ4n) is 1.42. The molecule has 0 saturated carbocycles. The first-order chi connectivity index (χ1) is 4.81. The number of hydrogen-bond acceptors (Lipinski definition) is 4. The van der Waals surface area contributed by atoms with Gasteiger partial charge in [0, 0.05) is 13.1 Å². The lowest BCUT2D eigenvalue weighted by molar-refractivity contribution is -0.0676. The van der Waals surface area contributed by atoms with Crippen LogP contribution >= 0.6 is 0 Å². The van der Waals surface area contributed by atoms with Gasteiger partial charge in [0.15, 0.2) is 0 Å². The number of nitrogens with zero attached hydrogens (tertiary/aromatic N) is 1. The zero-order valence-corrected chi connectivity index (χ0v) is 7.13. The standard InChI is InChI=1S/C5H12N2O3S/c1-7-2-5(8,3-7)4-11(6,9)10/h8H,2-4H2,1H3,(H2,6,9,10). The summed E-state index contributed by atoms with van der Waals surface area (Å²) in [6.45, 7) is 0.757. The van der Waals surface area contributed by atoms with Gasteiger partial charge in [0.05, 0.1) is 5.75 Å². The predicted octanol–water partition coefficient (Wildman–Crippen LogP) is -2.05. The Kier molecular flexibility index (Phi) is 1.96. The number of aliphatic hydroxyl groups is 1. The second-order valence-corrected chi connectivity index (χ2v) is 4.82.